The summed E-state index contributed by atoms with van der Waals surface area (Å²) in [6, 6.07) is 0. The molecule has 0 bridgehead atoms. The first-order valence-corrected chi connectivity index (χ1v) is 8.67. The molecule has 1 fully saturated rings. The Hall–Kier alpha value is -0.590. The number of carbonyl (C=O) groups is 1. The van der Waals surface area contributed by atoms with Crippen LogP contribution in [0.2, 0.25) is 0 Å². The summed E-state index contributed by atoms with van der Waals surface area (Å²) in [7, 11) is 1.84. The predicted octanol–water partition coefficient (Wildman–Crippen LogP) is 2.90. The van der Waals surface area contributed by atoms with E-state index in [1.165, 1.54) is 24.2 Å². The fourth-order valence-electron chi connectivity index (χ4n) is 2.17. The highest BCUT2D eigenvalue weighted by molar-refractivity contribution is 8.00. The van der Waals surface area contributed by atoms with Crippen LogP contribution in [0.5, 0.6) is 0 Å². The molecule has 0 unspecified atom stereocenters. The van der Waals surface area contributed by atoms with E-state index in [0.717, 1.165) is 30.3 Å². The standard InChI is InChI=1S/C13H20N2O2S2/c1-15(7-3-5-10-6-4-8-17-10)12(16)11-9-19-13(14-11)18-2/h9-10H,3-8H2,1-2H3/t10-/m0/s1. The Bertz CT molecular complexity index is 417. The third-order valence-corrected chi connectivity index (χ3v) is 5.13. The van der Waals surface area contributed by atoms with E-state index < -0.39 is 0 Å². The summed E-state index contributed by atoms with van der Waals surface area (Å²) in [5, 5.41) is 1.84. The Labute approximate surface area is 122 Å². The summed E-state index contributed by atoms with van der Waals surface area (Å²) in [5.74, 6) is 0.0175. The van der Waals surface area contributed by atoms with Crippen LogP contribution in [0.3, 0.4) is 0 Å². The first-order chi connectivity index (χ1) is 9.20. The van der Waals surface area contributed by atoms with Crippen LogP contribution >= 0.6 is 23.1 Å². The van der Waals surface area contributed by atoms with Crippen molar-refractivity contribution in [2.75, 3.05) is 26.5 Å². The molecule has 2 heterocycles. The van der Waals surface area contributed by atoms with Crippen molar-refractivity contribution < 1.29 is 9.53 Å². The normalized spacial score (nSPS) is 18.7. The monoisotopic (exact) mass is 300 g/mol. The second-order valence-electron chi connectivity index (χ2n) is 4.71. The summed E-state index contributed by atoms with van der Waals surface area (Å²) in [4.78, 5) is 18.2. The number of nitrogens with zero attached hydrogens (tertiary/aromatic N) is 2. The molecule has 1 atom stereocenters. The maximum atomic E-state index is 12.1. The number of ether oxygens (including phenoxy) is 1. The van der Waals surface area contributed by atoms with Gasteiger partial charge in [-0.1, -0.05) is 11.8 Å². The molecule has 0 aliphatic carbocycles. The Kier molecular flexibility index (Phi) is 5.66. The zero-order valence-corrected chi connectivity index (χ0v) is 13.1. The molecule has 0 spiro atoms. The first-order valence-electron chi connectivity index (χ1n) is 6.57. The van der Waals surface area contributed by atoms with E-state index in [2.05, 4.69) is 4.98 Å². The van der Waals surface area contributed by atoms with Crippen molar-refractivity contribution in [3.05, 3.63) is 11.1 Å². The van der Waals surface area contributed by atoms with Crippen molar-refractivity contribution in [2.24, 2.45) is 0 Å². The average Bonchev–Trinajstić information content (AvgIpc) is 3.08. The number of carbonyl (C=O) groups excluding carboxylic acids is 1. The first kappa shape index (κ1) is 14.8. The van der Waals surface area contributed by atoms with E-state index in [9.17, 15) is 4.79 Å². The van der Waals surface area contributed by atoms with Crippen molar-refractivity contribution in [1.29, 1.82) is 0 Å². The molecule has 0 saturated carbocycles. The van der Waals surface area contributed by atoms with Gasteiger partial charge in [0.2, 0.25) is 0 Å². The fraction of sp³-hybridized carbons (Fsp3) is 0.692. The Morgan fingerprint density at radius 3 is 3.16 bits per heavy atom. The topological polar surface area (TPSA) is 42.4 Å². The van der Waals surface area contributed by atoms with Gasteiger partial charge in [-0.25, -0.2) is 4.98 Å². The van der Waals surface area contributed by atoms with Gasteiger partial charge in [0, 0.05) is 25.6 Å². The maximum Gasteiger partial charge on any atom is 0.273 e. The molecule has 0 aromatic carbocycles. The molecule has 1 aliphatic heterocycles. The second-order valence-corrected chi connectivity index (χ2v) is 6.62. The minimum Gasteiger partial charge on any atom is -0.378 e. The molecule has 106 valence electrons. The second kappa shape index (κ2) is 7.26. The number of thioether (sulfide) groups is 1. The minimum absolute atomic E-state index is 0.0175. The summed E-state index contributed by atoms with van der Waals surface area (Å²) in [6.45, 7) is 1.67. The molecule has 1 aromatic heterocycles. The quantitative estimate of drug-likeness (QED) is 0.758. The zero-order chi connectivity index (χ0) is 13.7. The van der Waals surface area contributed by atoms with E-state index in [1.807, 2.05) is 18.7 Å². The lowest BCUT2D eigenvalue weighted by Crippen LogP contribution is -2.28. The van der Waals surface area contributed by atoms with Gasteiger partial charge < -0.3 is 9.64 Å². The predicted molar refractivity (Wildman–Crippen MR) is 79.1 cm³/mol. The molecule has 1 aromatic rings. The number of rotatable bonds is 6. The number of aromatic nitrogens is 1. The van der Waals surface area contributed by atoms with Crippen molar-refractivity contribution in [1.82, 2.24) is 9.88 Å². The van der Waals surface area contributed by atoms with Crippen LogP contribution in [0, 0.1) is 0 Å². The highest BCUT2D eigenvalue weighted by Crippen LogP contribution is 2.21. The summed E-state index contributed by atoms with van der Waals surface area (Å²) >= 11 is 3.10. The minimum atomic E-state index is 0.0175. The maximum absolute atomic E-state index is 12.1. The van der Waals surface area contributed by atoms with E-state index in [0.29, 0.717) is 11.8 Å². The van der Waals surface area contributed by atoms with Crippen LogP contribution < -0.4 is 0 Å². The van der Waals surface area contributed by atoms with Crippen LogP contribution in [-0.4, -0.2) is 48.4 Å². The molecule has 2 rings (SSSR count). The lowest BCUT2D eigenvalue weighted by molar-refractivity contribution is 0.0758. The number of thiazole rings is 1. The summed E-state index contributed by atoms with van der Waals surface area (Å²) in [5.41, 5.74) is 0.564. The van der Waals surface area contributed by atoms with Crippen molar-refractivity contribution in [2.45, 2.75) is 36.1 Å². The smallest absolute Gasteiger partial charge is 0.273 e. The number of amides is 1. The van der Waals surface area contributed by atoms with E-state index in [1.54, 1.807) is 16.7 Å². The van der Waals surface area contributed by atoms with E-state index >= 15 is 0 Å². The van der Waals surface area contributed by atoms with Crippen molar-refractivity contribution >= 4 is 29.0 Å². The highest BCUT2D eigenvalue weighted by Gasteiger charge is 2.18. The molecule has 1 amide bonds. The van der Waals surface area contributed by atoms with Gasteiger partial charge >= 0.3 is 0 Å². The van der Waals surface area contributed by atoms with E-state index in [4.69, 9.17) is 4.74 Å². The molecule has 4 nitrogen and oxygen atoms in total. The molecule has 0 N–H and O–H groups in total. The third-order valence-electron chi connectivity index (χ3n) is 3.27. The molecular formula is C13H20N2O2S2. The molecule has 1 aliphatic rings. The largest absolute Gasteiger partial charge is 0.378 e. The van der Waals surface area contributed by atoms with Crippen LogP contribution in [0.25, 0.3) is 0 Å². The molecule has 1 saturated heterocycles. The van der Waals surface area contributed by atoms with Gasteiger partial charge in [-0.15, -0.1) is 11.3 Å². The Morgan fingerprint density at radius 2 is 2.53 bits per heavy atom. The number of hydrogen-bond acceptors (Lipinski definition) is 5. The lowest BCUT2D eigenvalue weighted by atomic mass is 10.1. The van der Waals surface area contributed by atoms with Gasteiger partial charge in [0.05, 0.1) is 6.10 Å². The number of hydrogen-bond donors (Lipinski definition) is 0. The zero-order valence-electron chi connectivity index (χ0n) is 11.4. The summed E-state index contributed by atoms with van der Waals surface area (Å²) in [6.07, 6.45) is 6.76. The van der Waals surface area contributed by atoms with Gasteiger partial charge in [-0.2, -0.15) is 0 Å². The van der Waals surface area contributed by atoms with Crippen molar-refractivity contribution in [3.8, 4) is 0 Å². The molecule has 19 heavy (non-hydrogen) atoms. The average molecular weight is 300 g/mol. The molecule has 6 heteroatoms. The third kappa shape index (κ3) is 4.19. The fourth-order valence-corrected chi connectivity index (χ4v) is 3.41. The molecule has 0 radical (unpaired) electrons. The van der Waals surface area contributed by atoms with Gasteiger partial charge in [-0.3, -0.25) is 4.79 Å². The van der Waals surface area contributed by atoms with Crippen LogP contribution in [0.15, 0.2) is 9.72 Å². The van der Waals surface area contributed by atoms with Gasteiger partial charge in [0.25, 0.3) is 5.91 Å². The van der Waals surface area contributed by atoms with Crippen LogP contribution in [0.1, 0.15) is 36.2 Å². The van der Waals surface area contributed by atoms with Crippen molar-refractivity contribution in [3.63, 3.8) is 0 Å². The lowest BCUT2D eigenvalue weighted by Gasteiger charge is -2.17. The van der Waals surface area contributed by atoms with E-state index in [-0.39, 0.29) is 5.91 Å². The SMILES string of the molecule is CSc1nc(C(=O)N(C)CCC[C@H]2CCCO2)cs1. The van der Waals surface area contributed by atoms with Gasteiger partial charge in [0.1, 0.15) is 10.0 Å². The summed E-state index contributed by atoms with van der Waals surface area (Å²) < 4.78 is 6.52. The van der Waals surface area contributed by atoms with Crippen LogP contribution in [0.4, 0.5) is 0 Å². The Morgan fingerprint density at radius 1 is 1.68 bits per heavy atom. The molecular weight excluding hydrogens is 280 g/mol. The van der Waals surface area contributed by atoms with Crippen LogP contribution in [-0.2, 0) is 4.74 Å². The van der Waals surface area contributed by atoms with Gasteiger partial charge in [-0.05, 0) is 31.9 Å². The Balaban J connectivity index is 1.75. The highest BCUT2D eigenvalue weighted by atomic mass is 32.2. The van der Waals surface area contributed by atoms with Gasteiger partial charge in [0.15, 0.2) is 0 Å².